The van der Waals surface area contributed by atoms with Crippen molar-refractivity contribution < 1.29 is 32.2 Å². The quantitative estimate of drug-likeness (QED) is 0.860. The van der Waals surface area contributed by atoms with Gasteiger partial charge in [-0.2, -0.15) is 13.2 Å². The summed E-state index contributed by atoms with van der Waals surface area (Å²) in [7, 11) is 3.61. The van der Waals surface area contributed by atoms with Crippen LogP contribution in [-0.2, 0) is 4.74 Å². The number of nitrogens with two attached hydrogens (primary N) is 1. The topological polar surface area (TPSA) is 70.8 Å². The second-order valence-electron chi connectivity index (χ2n) is 3.81. The van der Waals surface area contributed by atoms with Gasteiger partial charge in [0.25, 0.3) is 0 Å². The first-order chi connectivity index (χ1) is 9.26. The minimum absolute atomic E-state index is 0.0369. The number of ether oxygens (including phenoxy) is 3. The van der Waals surface area contributed by atoms with Crippen LogP contribution in [-0.4, -0.2) is 33.5 Å². The van der Waals surface area contributed by atoms with Crippen LogP contribution >= 0.6 is 0 Å². The summed E-state index contributed by atoms with van der Waals surface area (Å²) in [4.78, 5) is 11.6. The largest absolute Gasteiger partial charge is 0.493 e. The van der Waals surface area contributed by atoms with E-state index in [1.165, 1.54) is 14.2 Å². The first-order valence-corrected chi connectivity index (χ1v) is 5.42. The number of carbonyl (C=O) groups excluding carboxylic acids is 1. The predicted octanol–water partition coefficient (Wildman–Crippen LogP) is 2.05. The molecule has 0 saturated heterocycles. The average molecular weight is 293 g/mol. The number of hydrogen-bond donors (Lipinski definition) is 1. The number of rotatable bonds is 4. The van der Waals surface area contributed by atoms with Crippen LogP contribution in [0, 0.1) is 0 Å². The fraction of sp³-hybridized carbons (Fsp3) is 0.417. The zero-order valence-electron chi connectivity index (χ0n) is 11.1. The van der Waals surface area contributed by atoms with Gasteiger partial charge in [-0.1, -0.05) is 0 Å². The van der Waals surface area contributed by atoms with Gasteiger partial charge in [0.05, 0.1) is 26.9 Å². The van der Waals surface area contributed by atoms with Crippen LogP contribution in [0.2, 0.25) is 0 Å². The Kier molecular flexibility index (Phi) is 4.83. The minimum atomic E-state index is -4.71. The molecule has 0 aromatic heterocycles. The lowest BCUT2D eigenvalue weighted by Gasteiger charge is -2.20. The Labute approximate surface area is 113 Å². The van der Waals surface area contributed by atoms with Gasteiger partial charge in [-0.05, 0) is 17.7 Å². The van der Waals surface area contributed by atoms with Gasteiger partial charge < -0.3 is 19.9 Å². The number of alkyl halides is 3. The Morgan fingerprint density at radius 1 is 1.15 bits per heavy atom. The summed E-state index contributed by atoms with van der Waals surface area (Å²) in [6.45, 7) is 0. The minimum Gasteiger partial charge on any atom is -0.493 e. The van der Waals surface area contributed by atoms with E-state index in [9.17, 15) is 18.0 Å². The summed E-state index contributed by atoms with van der Waals surface area (Å²) < 4.78 is 52.6. The maximum absolute atomic E-state index is 12.8. The second-order valence-corrected chi connectivity index (χ2v) is 3.81. The molecule has 20 heavy (non-hydrogen) atoms. The predicted molar refractivity (Wildman–Crippen MR) is 63.9 cm³/mol. The van der Waals surface area contributed by atoms with Crippen molar-refractivity contribution in [3.05, 3.63) is 23.3 Å². The number of halogens is 3. The van der Waals surface area contributed by atoms with E-state index >= 15 is 0 Å². The fourth-order valence-electron chi connectivity index (χ4n) is 1.62. The van der Waals surface area contributed by atoms with Crippen molar-refractivity contribution in [2.24, 2.45) is 5.73 Å². The van der Waals surface area contributed by atoms with Gasteiger partial charge in [0, 0.05) is 0 Å². The molecule has 8 heteroatoms. The zero-order valence-corrected chi connectivity index (χ0v) is 11.1. The van der Waals surface area contributed by atoms with E-state index in [0.29, 0.717) is 0 Å². The van der Waals surface area contributed by atoms with Gasteiger partial charge in [-0.25, -0.2) is 4.79 Å². The van der Waals surface area contributed by atoms with E-state index in [2.05, 4.69) is 4.74 Å². The van der Waals surface area contributed by atoms with Crippen LogP contribution in [0.3, 0.4) is 0 Å². The molecule has 1 rings (SSSR count). The van der Waals surface area contributed by atoms with Crippen molar-refractivity contribution >= 4 is 5.97 Å². The molecule has 0 aliphatic rings. The van der Waals surface area contributed by atoms with Crippen LogP contribution in [0.1, 0.15) is 22.0 Å². The van der Waals surface area contributed by atoms with E-state index in [4.69, 9.17) is 15.2 Å². The summed E-state index contributed by atoms with van der Waals surface area (Å²) in [5, 5.41) is 0. The van der Waals surface area contributed by atoms with Crippen molar-refractivity contribution in [2.45, 2.75) is 12.2 Å². The molecule has 0 aliphatic carbocycles. The standard InChI is InChI=1S/C12H14F3NO4/c1-18-8-4-6(10(16)12(13,14)15)7(11(17)20-3)5-9(8)19-2/h4-5,10H,16H2,1-3H3/t10-/m0/s1. The van der Waals surface area contributed by atoms with E-state index in [-0.39, 0.29) is 17.1 Å². The highest BCUT2D eigenvalue weighted by Gasteiger charge is 2.40. The normalized spacial score (nSPS) is 12.8. The molecule has 1 atom stereocenters. The first kappa shape index (κ1) is 16.1. The molecule has 0 aliphatic heterocycles. The Morgan fingerprint density at radius 2 is 1.65 bits per heavy atom. The third kappa shape index (κ3) is 3.13. The summed E-state index contributed by atoms with van der Waals surface area (Å²) in [5.74, 6) is -0.804. The fourth-order valence-corrected chi connectivity index (χ4v) is 1.62. The summed E-state index contributed by atoms with van der Waals surface area (Å²) in [5.41, 5.74) is 4.38. The number of carbonyl (C=O) groups is 1. The van der Waals surface area contributed by atoms with E-state index in [1.807, 2.05) is 0 Å². The first-order valence-electron chi connectivity index (χ1n) is 5.42. The Bertz CT molecular complexity index is 502. The van der Waals surface area contributed by atoms with Crippen LogP contribution in [0.15, 0.2) is 12.1 Å². The van der Waals surface area contributed by atoms with Crippen molar-refractivity contribution in [1.29, 1.82) is 0 Å². The third-order valence-corrected chi connectivity index (χ3v) is 2.65. The molecule has 0 radical (unpaired) electrons. The second kappa shape index (κ2) is 6.00. The maximum atomic E-state index is 12.8. The number of benzene rings is 1. The molecule has 112 valence electrons. The number of hydrogen-bond acceptors (Lipinski definition) is 5. The van der Waals surface area contributed by atoms with Crippen molar-refractivity contribution in [3.63, 3.8) is 0 Å². The highest BCUT2D eigenvalue weighted by molar-refractivity contribution is 5.92. The summed E-state index contributed by atoms with van der Waals surface area (Å²) >= 11 is 0. The number of esters is 1. The van der Waals surface area contributed by atoms with Crippen LogP contribution in [0.5, 0.6) is 11.5 Å². The molecule has 0 heterocycles. The van der Waals surface area contributed by atoms with Crippen molar-refractivity contribution in [1.82, 2.24) is 0 Å². The average Bonchev–Trinajstić information content (AvgIpc) is 2.42. The molecule has 0 spiro atoms. The van der Waals surface area contributed by atoms with Crippen LogP contribution in [0.25, 0.3) is 0 Å². The molecule has 5 nitrogen and oxygen atoms in total. The third-order valence-electron chi connectivity index (χ3n) is 2.65. The van der Waals surface area contributed by atoms with Gasteiger partial charge in [0.15, 0.2) is 11.5 Å². The van der Waals surface area contributed by atoms with E-state index in [1.54, 1.807) is 0 Å². The number of methoxy groups -OCH3 is 3. The summed E-state index contributed by atoms with van der Waals surface area (Å²) in [6.07, 6.45) is -4.71. The monoisotopic (exact) mass is 293 g/mol. The van der Waals surface area contributed by atoms with Gasteiger partial charge in [-0.15, -0.1) is 0 Å². The Balaban J connectivity index is 3.50. The maximum Gasteiger partial charge on any atom is 0.407 e. The Morgan fingerprint density at radius 3 is 2.05 bits per heavy atom. The molecule has 0 unspecified atom stereocenters. The highest BCUT2D eigenvalue weighted by Crippen LogP contribution is 2.38. The molecule has 2 N–H and O–H groups in total. The van der Waals surface area contributed by atoms with E-state index in [0.717, 1.165) is 19.2 Å². The lowest BCUT2D eigenvalue weighted by atomic mass is 9.99. The highest BCUT2D eigenvalue weighted by atomic mass is 19.4. The van der Waals surface area contributed by atoms with Gasteiger partial charge in [-0.3, -0.25) is 0 Å². The van der Waals surface area contributed by atoms with Crippen molar-refractivity contribution in [3.8, 4) is 11.5 Å². The molecule has 1 aromatic rings. The van der Waals surface area contributed by atoms with Crippen LogP contribution < -0.4 is 15.2 Å². The molecule has 0 bridgehead atoms. The lowest BCUT2D eigenvalue weighted by molar-refractivity contribution is -0.149. The molecular weight excluding hydrogens is 279 g/mol. The smallest absolute Gasteiger partial charge is 0.407 e. The summed E-state index contributed by atoms with van der Waals surface area (Å²) in [6, 6.07) is -0.217. The molecule has 0 saturated carbocycles. The van der Waals surface area contributed by atoms with Gasteiger partial charge in [0.2, 0.25) is 0 Å². The Hall–Kier alpha value is -1.96. The SMILES string of the molecule is COC(=O)c1cc(OC)c(OC)cc1[C@H](N)C(F)(F)F. The molecule has 0 amide bonds. The lowest BCUT2D eigenvalue weighted by Crippen LogP contribution is -2.30. The van der Waals surface area contributed by atoms with Crippen molar-refractivity contribution in [2.75, 3.05) is 21.3 Å². The van der Waals surface area contributed by atoms with Gasteiger partial charge >= 0.3 is 12.1 Å². The molecular formula is C12H14F3NO4. The zero-order chi connectivity index (χ0) is 15.5. The van der Waals surface area contributed by atoms with Gasteiger partial charge in [0.1, 0.15) is 6.04 Å². The molecule has 1 aromatic carbocycles. The molecule has 0 fully saturated rings. The van der Waals surface area contributed by atoms with E-state index < -0.39 is 23.8 Å². The van der Waals surface area contributed by atoms with Crippen LogP contribution in [0.4, 0.5) is 13.2 Å².